The van der Waals surface area contributed by atoms with Crippen molar-refractivity contribution in [2.75, 3.05) is 19.7 Å². The van der Waals surface area contributed by atoms with Gasteiger partial charge in [-0.1, -0.05) is 39.0 Å². The fourth-order valence-corrected chi connectivity index (χ4v) is 7.27. The van der Waals surface area contributed by atoms with Gasteiger partial charge in [-0.2, -0.15) is 9.64 Å². The van der Waals surface area contributed by atoms with E-state index in [0.29, 0.717) is 17.1 Å². The summed E-state index contributed by atoms with van der Waals surface area (Å²) in [7, 11) is -1.98. The first-order valence-corrected chi connectivity index (χ1v) is 18.1. The van der Waals surface area contributed by atoms with Crippen LogP contribution in [0.2, 0.25) is 18.1 Å². The normalized spacial score (nSPS) is 18.7. The average molecular weight is 589 g/mol. The zero-order chi connectivity index (χ0) is 29.6. The number of carbonyl (C=O) groups excluding carboxylic acids is 1. The number of nitrogens with zero attached hydrogens (tertiary/aromatic N) is 4. The Morgan fingerprint density at radius 3 is 2.71 bits per heavy atom. The lowest BCUT2D eigenvalue weighted by atomic mass is 9.81. The minimum atomic E-state index is -1.98. The zero-order valence-corrected chi connectivity index (χ0v) is 27.0. The summed E-state index contributed by atoms with van der Waals surface area (Å²) < 4.78 is 16.8. The highest BCUT2D eigenvalue weighted by Gasteiger charge is 2.46. The summed E-state index contributed by atoms with van der Waals surface area (Å²) in [5.74, 6) is 1.40. The van der Waals surface area contributed by atoms with Gasteiger partial charge in [0.15, 0.2) is 14.1 Å². The Hall–Kier alpha value is -3.06. The molecule has 1 saturated heterocycles. The second-order valence-electron chi connectivity index (χ2n) is 13.1. The van der Waals surface area contributed by atoms with Crippen molar-refractivity contribution in [2.45, 2.75) is 83.5 Å². The van der Waals surface area contributed by atoms with E-state index in [1.807, 2.05) is 36.9 Å². The Balaban J connectivity index is 1.34. The number of benzene rings is 2. The van der Waals surface area contributed by atoms with Crippen LogP contribution in [0.25, 0.3) is 22.0 Å². The summed E-state index contributed by atoms with van der Waals surface area (Å²) in [5.41, 5.74) is 5.01. The summed E-state index contributed by atoms with van der Waals surface area (Å²) >= 11 is 1.34. The van der Waals surface area contributed by atoms with Crippen LogP contribution >= 0.6 is 11.5 Å². The monoisotopic (exact) mass is 588 g/mol. The van der Waals surface area contributed by atoms with E-state index in [9.17, 15) is 10.1 Å². The van der Waals surface area contributed by atoms with E-state index in [-0.39, 0.29) is 29.1 Å². The second kappa shape index (κ2) is 11.0. The maximum atomic E-state index is 13.2. The highest BCUT2D eigenvalue weighted by atomic mass is 32.1. The largest absolute Gasteiger partial charge is 0.490 e. The third-order valence-electron chi connectivity index (χ3n) is 9.05. The third-order valence-corrected chi connectivity index (χ3v) is 14.3. The van der Waals surface area contributed by atoms with Crippen molar-refractivity contribution >= 4 is 25.8 Å². The van der Waals surface area contributed by atoms with E-state index >= 15 is 0 Å². The van der Waals surface area contributed by atoms with E-state index in [0.717, 1.165) is 48.5 Å². The first kappa shape index (κ1) is 29.4. The molecule has 41 heavy (non-hydrogen) atoms. The van der Waals surface area contributed by atoms with Crippen LogP contribution in [0.1, 0.15) is 64.2 Å². The van der Waals surface area contributed by atoms with Crippen molar-refractivity contribution in [3.05, 3.63) is 53.1 Å². The average Bonchev–Trinajstić information content (AvgIpc) is 3.66. The van der Waals surface area contributed by atoms with Gasteiger partial charge >= 0.3 is 0 Å². The van der Waals surface area contributed by atoms with Crippen molar-refractivity contribution in [3.8, 4) is 33.8 Å². The van der Waals surface area contributed by atoms with Gasteiger partial charge in [0.05, 0.1) is 11.7 Å². The maximum absolute atomic E-state index is 13.2. The molecule has 0 saturated carbocycles. The Kier molecular flexibility index (Phi) is 7.88. The molecule has 1 aliphatic heterocycles. The molecule has 1 spiro atoms. The van der Waals surface area contributed by atoms with Gasteiger partial charge in [0, 0.05) is 29.6 Å². The molecule has 0 N–H and O–H groups in total. The summed E-state index contributed by atoms with van der Waals surface area (Å²) in [6.07, 6.45) is 2.92. The van der Waals surface area contributed by atoms with Gasteiger partial charge in [-0.15, -0.1) is 0 Å². The third kappa shape index (κ3) is 5.70. The van der Waals surface area contributed by atoms with Crippen molar-refractivity contribution < 1.29 is 14.0 Å². The molecule has 0 radical (unpaired) electrons. The van der Waals surface area contributed by atoms with Crippen LogP contribution in [0.4, 0.5) is 0 Å². The fraction of sp³-hybridized carbons (Fsp3) is 0.500. The molecule has 7 nitrogen and oxygen atoms in total. The highest BCUT2D eigenvalue weighted by Crippen LogP contribution is 2.48. The SMILES string of the molecule is CC(C)Oc1ccc(-c2nc(-c3cccc4c3CCC43CCN(C(=O)CO[Si](C)(C)C(C)(C)C)C3)ns2)cc1C#N. The van der Waals surface area contributed by atoms with Crippen LogP contribution in [0, 0.1) is 11.3 Å². The van der Waals surface area contributed by atoms with Crippen LogP contribution in [0.5, 0.6) is 5.75 Å². The van der Waals surface area contributed by atoms with Gasteiger partial charge in [-0.25, -0.2) is 4.98 Å². The van der Waals surface area contributed by atoms with Crippen LogP contribution in [0.15, 0.2) is 36.4 Å². The van der Waals surface area contributed by atoms with Gasteiger partial charge in [0.1, 0.15) is 23.4 Å². The summed E-state index contributed by atoms with van der Waals surface area (Å²) in [5, 5.41) is 10.5. The molecule has 1 atom stereocenters. The van der Waals surface area contributed by atoms with Crippen LogP contribution in [-0.4, -0.2) is 54.3 Å². The quantitative estimate of drug-likeness (QED) is 0.277. The van der Waals surface area contributed by atoms with Crippen molar-refractivity contribution in [3.63, 3.8) is 0 Å². The number of rotatable bonds is 7. The molecule has 1 aromatic heterocycles. The maximum Gasteiger partial charge on any atom is 0.247 e. The number of amides is 1. The highest BCUT2D eigenvalue weighted by molar-refractivity contribution is 7.09. The molecule has 5 rings (SSSR count). The molecule has 1 unspecified atom stereocenters. The van der Waals surface area contributed by atoms with E-state index in [1.54, 1.807) is 0 Å². The molecular weight excluding hydrogens is 549 g/mol. The minimum absolute atomic E-state index is 0.00905. The Bertz CT molecular complexity index is 1500. The molecule has 2 aromatic carbocycles. The Morgan fingerprint density at radius 1 is 1.22 bits per heavy atom. The Labute approximate surface area is 248 Å². The lowest BCUT2D eigenvalue weighted by Gasteiger charge is -2.36. The summed E-state index contributed by atoms with van der Waals surface area (Å²) in [6, 6.07) is 14.3. The topological polar surface area (TPSA) is 88.3 Å². The standard InChI is InChI=1S/C32H40N4O3SSi/c1-21(2)39-27-12-11-22(17-23(27)18-33)30-34-29(35-40-30)25-9-8-10-26-24(25)13-14-32(26)15-16-36(20-32)28(37)19-38-41(6,7)31(3,4)5/h8-12,17,21H,13-16,19-20H2,1-7H3. The number of fused-ring (bicyclic) bond motifs is 2. The Morgan fingerprint density at radius 2 is 2.00 bits per heavy atom. The minimum Gasteiger partial charge on any atom is -0.490 e. The van der Waals surface area contributed by atoms with Crippen molar-refractivity contribution in [1.29, 1.82) is 5.26 Å². The smallest absolute Gasteiger partial charge is 0.247 e. The first-order chi connectivity index (χ1) is 19.3. The van der Waals surface area contributed by atoms with Gasteiger partial charge in [0.2, 0.25) is 5.91 Å². The number of hydrogen-bond donors (Lipinski definition) is 0. The summed E-state index contributed by atoms with van der Waals surface area (Å²) in [6.45, 7) is 16.5. The van der Waals surface area contributed by atoms with Crippen LogP contribution in [0.3, 0.4) is 0 Å². The number of nitriles is 1. The number of likely N-dealkylation sites (tertiary alicyclic amines) is 1. The fourth-order valence-electron chi connectivity index (χ4n) is 5.68. The number of ether oxygens (including phenoxy) is 1. The molecule has 0 bridgehead atoms. The molecule has 1 aliphatic carbocycles. The lowest BCUT2D eigenvalue weighted by molar-refractivity contribution is -0.132. The molecular formula is C32H40N4O3SSi. The van der Waals surface area contributed by atoms with E-state index in [2.05, 4.69) is 58.1 Å². The first-order valence-electron chi connectivity index (χ1n) is 14.4. The van der Waals surface area contributed by atoms with Gasteiger partial charge in [-0.3, -0.25) is 4.79 Å². The van der Waals surface area contributed by atoms with Gasteiger partial charge in [0.25, 0.3) is 0 Å². The number of hydrogen-bond acceptors (Lipinski definition) is 7. The lowest BCUT2D eigenvalue weighted by Crippen LogP contribution is -2.44. The van der Waals surface area contributed by atoms with Crippen LogP contribution in [-0.2, 0) is 21.1 Å². The molecule has 1 amide bonds. The summed E-state index contributed by atoms with van der Waals surface area (Å²) in [4.78, 5) is 20.1. The molecule has 3 aromatic rings. The van der Waals surface area contributed by atoms with E-state index < -0.39 is 8.32 Å². The number of carbonyl (C=O) groups is 1. The van der Waals surface area contributed by atoms with E-state index in [4.69, 9.17) is 18.5 Å². The molecule has 216 valence electrons. The molecule has 1 fully saturated rings. The molecule has 2 heterocycles. The number of aromatic nitrogens is 2. The zero-order valence-electron chi connectivity index (χ0n) is 25.2. The van der Waals surface area contributed by atoms with Gasteiger partial charge < -0.3 is 14.1 Å². The second-order valence-corrected chi connectivity index (χ2v) is 18.7. The molecule has 2 aliphatic rings. The molecule has 9 heteroatoms. The van der Waals surface area contributed by atoms with Gasteiger partial charge in [-0.05, 0) is 92.1 Å². The van der Waals surface area contributed by atoms with Crippen LogP contribution < -0.4 is 4.74 Å². The predicted octanol–water partition coefficient (Wildman–Crippen LogP) is 6.97. The van der Waals surface area contributed by atoms with E-state index in [1.165, 1.54) is 22.7 Å². The van der Waals surface area contributed by atoms with Crippen molar-refractivity contribution in [1.82, 2.24) is 14.3 Å². The van der Waals surface area contributed by atoms with Crippen molar-refractivity contribution in [2.24, 2.45) is 0 Å². The predicted molar refractivity (Wildman–Crippen MR) is 166 cm³/mol.